The fraction of sp³-hybridized carbons (Fsp3) is 0. The van der Waals surface area contributed by atoms with Crippen molar-refractivity contribution in [2.24, 2.45) is 0 Å². The minimum atomic E-state index is 1.11. The summed E-state index contributed by atoms with van der Waals surface area (Å²) >= 11 is 1.87. The molecule has 2 heterocycles. The van der Waals surface area contributed by atoms with Crippen LogP contribution < -0.4 is 4.90 Å². The van der Waals surface area contributed by atoms with E-state index < -0.39 is 0 Å². The van der Waals surface area contributed by atoms with Crippen LogP contribution in [0, 0.1) is 0 Å². The smallest absolute Gasteiger partial charge is 0.0561 e. The van der Waals surface area contributed by atoms with Crippen molar-refractivity contribution in [3.8, 4) is 16.8 Å². The van der Waals surface area contributed by atoms with Crippen LogP contribution in [0.15, 0.2) is 182 Å². The number of aromatic nitrogens is 1. The molecule has 49 heavy (non-hydrogen) atoms. The third kappa shape index (κ3) is 4.62. The highest BCUT2D eigenvalue weighted by Gasteiger charge is 2.19. The lowest BCUT2D eigenvalue weighted by molar-refractivity contribution is 1.18. The lowest BCUT2D eigenvalue weighted by Crippen LogP contribution is -2.10. The molecule has 0 atom stereocenters. The molecule has 10 rings (SSSR count). The molecule has 0 aliphatic carbocycles. The van der Waals surface area contributed by atoms with Gasteiger partial charge in [-0.1, -0.05) is 109 Å². The van der Waals surface area contributed by atoms with E-state index >= 15 is 0 Å². The standard InChI is InChI=1S/C46H30N2S/c1-3-12-31(13-4-1)32-16-11-19-36(26-32)47(37-23-25-45-42(29-37)41-27-33-14-7-8-15-34(33)28-46(41)49-45)38-22-24-40-39-20-9-10-21-43(39)48(44(40)30-38)35-17-5-2-6-18-35/h1-30H. The summed E-state index contributed by atoms with van der Waals surface area (Å²) in [6, 6.07) is 66.3. The van der Waals surface area contributed by atoms with Crippen LogP contribution in [0.4, 0.5) is 17.1 Å². The van der Waals surface area contributed by atoms with Gasteiger partial charge in [-0.05, 0) is 94.7 Å². The molecule has 0 radical (unpaired) electrons. The van der Waals surface area contributed by atoms with Crippen LogP contribution in [0.1, 0.15) is 0 Å². The Morgan fingerprint density at radius 3 is 1.86 bits per heavy atom. The molecule has 8 aromatic carbocycles. The quantitative estimate of drug-likeness (QED) is 0.181. The van der Waals surface area contributed by atoms with Crippen molar-refractivity contribution in [1.29, 1.82) is 0 Å². The molecule has 0 amide bonds. The van der Waals surface area contributed by atoms with Gasteiger partial charge >= 0.3 is 0 Å². The normalized spacial score (nSPS) is 11.7. The van der Waals surface area contributed by atoms with Gasteiger partial charge < -0.3 is 9.47 Å². The number of hydrogen-bond acceptors (Lipinski definition) is 2. The molecule has 0 saturated heterocycles. The molecule has 10 aromatic rings. The molecule has 0 aliphatic rings. The zero-order valence-corrected chi connectivity index (χ0v) is 27.4. The van der Waals surface area contributed by atoms with E-state index in [0.29, 0.717) is 0 Å². The van der Waals surface area contributed by atoms with Gasteiger partial charge in [-0.2, -0.15) is 0 Å². The number of nitrogens with zero attached hydrogens (tertiary/aromatic N) is 2. The topological polar surface area (TPSA) is 8.17 Å². The zero-order valence-electron chi connectivity index (χ0n) is 26.6. The lowest BCUT2D eigenvalue weighted by atomic mass is 10.0. The minimum absolute atomic E-state index is 1.11. The summed E-state index contributed by atoms with van der Waals surface area (Å²) in [5, 5.41) is 7.64. The molecule has 0 aliphatic heterocycles. The number of benzene rings is 8. The number of hydrogen-bond donors (Lipinski definition) is 0. The maximum Gasteiger partial charge on any atom is 0.0561 e. The molecule has 230 valence electrons. The Kier molecular flexibility index (Phi) is 6.39. The van der Waals surface area contributed by atoms with Gasteiger partial charge in [-0.3, -0.25) is 0 Å². The van der Waals surface area contributed by atoms with Crippen LogP contribution in [-0.2, 0) is 0 Å². The molecule has 0 N–H and O–H groups in total. The monoisotopic (exact) mass is 642 g/mol. The Hall–Kier alpha value is -6.16. The third-order valence-corrected chi connectivity index (χ3v) is 10.9. The Labute approximate surface area is 288 Å². The first kappa shape index (κ1) is 27.9. The summed E-state index contributed by atoms with van der Waals surface area (Å²) in [4.78, 5) is 2.42. The third-order valence-electron chi connectivity index (χ3n) is 9.72. The maximum absolute atomic E-state index is 2.42. The summed E-state index contributed by atoms with van der Waals surface area (Å²) in [7, 11) is 0. The molecule has 0 fully saturated rings. The zero-order chi connectivity index (χ0) is 32.3. The molecule has 2 nitrogen and oxygen atoms in total. The van der Waals surface area contributed by atoms with Crippen LogP contribution in [-0.4, -0.2) is 4.57 Å². The average Bonchev–Trinajstić information content (AvgIpc) is 3.69. The first-order valence-electron chi connectivity index (χ1n) is 16.7. The van der Waals surface area contributed by atoms with E-state index in [1.54, 1.807) is 0 Å². The van der Waals surface area contributed by atoms with Crippen LogP contribution >= 0.6 is 11.3 Å². The van der Waals surface area contributed by atoms with Crippen molar-refractivity contribution in [1.82, 2.24) is 4.57 Å². The van der Waals surface area contributed by atoms with Gasteiger partial charge in [0.05, 0.1) is 11.0 Å². The van der Waals surface area contributed by atoms with E-state index in [-0.39, 0.29) is 0 Å². The number of rotatable bonds is 5. The molecule has 0 spiro atoms. The summed E-state index contributed by atoms with van der Waals surface area (Å²) < 4.78 is 5.01. The van der Waals surface area contributed by atoms with Gasteiger partial charge in [-0.15, -0.1) is 11.3 Å². The van der Waals surface area contributed by atoms with Crippen LogP contribution in [0.25, 0.3) is 69.6 Å². The van der Waals surface area contributed by atoms with E-state index in [4.69, 9.17) is 0 Å². The Bertz CT molecular complexity index is 2830. The van der Waals surface area contributed by atoms with Crippen molar-refractivity contribution >= 4 is 81.1 Å². The van der Waals surface area contributed by atoms with Crippen molar-refractivity contribution in [3.05, 3.63) is 182 Å². The van der Waals surface area contributed by atoms with Crippen LogP contribution in [0.5, 0.6) is 0 Å². The second kappa shape index (κ2) is 11.2. The maximum atomic E-state index is 2.42. The molecular weight excluding hydrogens is 613 g/mol. The highest BCUT2D eigenvalue weighted by Crippen LogP contribution is 2.44. The van der Waals surface area contributed by atoms with E-state index in [1.165, 1.54) is 63.9 Å². The molecule has 3 heteroatoms. The summed E-state index contributed by atoms with van der Waals surface area (Å²) in [5.41, 5.74) is 9.30. The second-order valence-corrected chi connectivity index (χ2v) is 13.7. The van der Waals surface area contributed by atoms with E-state index in [2.05, 4.69) is 191 Å². The minimum Gasteiger partial charge on any atom is -0.310 e. The number of fused-ring (bicyclic) bond motifs is 7. The highest BCUT2D eigenvalue weighted by atomic mass is 32.1. The molecule has 0 unspecified atom stereocenters. The van der Waals surface area contributed by atoms with Gasteiger partial charge in [-0.25, -0.2) is 0 Å². The second-order valence-electron chi connectivity index (χ2n) is 12.6. The van der Waals surface area contributed by atoms with E-state index in [1.807, 2.05) is 11.3 Å². The Morgan fingerprint density at radius 2 is 1.00 bits per heavy atom. The van der Waals surface area contributed by atoms with Crippen LogP contribution in [0.2, 0.25) is 0 Å². The summed E-state index contributed by atoms with van der Waals surface area (Å²) in [5.74, 6) is 0. The van der Waals surface area contributed by atoms with Gasteiger partial charge in [0.1, 0.15) is 0 Å². The SMILES string of the molecule is c1ccc(-c2cccc(N(c3ccc4sc5cc6ccccc6cc5c4c3)c3ccc4c5ccccc5n(-c5ccccc5)c4c3)c2)cc1. The van der Waals surface area contributed by atoms with Crippen LogP contribution in [0.3, 0.4) is 0 Å². The Balaban J connectivity index is 1.23. The first-order chi connectivity index (χ1) is 24.3. The molecule has 0 saturated carbocycles. The van der Waals surface area contributed by atoms with Gasteiger partial charge in [0.25, 0.3) is 0 Å². The van der Waals surface area contributed by atoms with Crippen molar-refractivity contribution in [2.45, 2.75) is 0 Å². The van der Waals surface area contributed by atoms with Crippen molar-refractivity contribution in [3.63, 3.8) is 0 Å². The van der Waals surface area contributed by atoms with Gasteiger partial charge in [0.2, 0.25) is 0 Å². The van der Waals surface area contributed by atoms with Crippen molar-refractivity contribution in [2.75, 3.05) is 4.90 Å². The first-order valence-corrected chi connectivity index (χ1v) is 17.5. The highest BCUT2D eigenvalue weighted by molar-refractivity contribution is 7.25. The number of anilines is 3. The molecule has 2 aromatic heterocycles. The summed E-state index contributed by atoms with van der Waals surface area (Å²) in [6.45, 7) is 0. The summed E-state index contributed by atoms with van der Waals surface area (Å²) in [6.07, 6.45) is 0. The molecule has 0 bridgehead atoms. The van der Waals surface area contributed by atoms with E-state index in [9.17, 15) is 0 Å². The van der Waals surface area contributed by atoms with Gasteiger partial charge in [0, 0.05) is 53.7 Å². The largest absolute Gasteiger partial charge is 0.310 e. The predicted molar refractivity (Wildman–Crippen MR) is 211 cm³/mol. The number of para-hydroxylation sites is 2. The lowest BCUT2D eigenvalue weighted by Gasteiger charge is -2.26. The van der Waals surface area contributed by atoms with E-state index in [0.717, 1.165) is 22.7 Å². The fourth-order valence-corrected chi connectivity index (χ4v) is 8.56. The number of thiophene rings is 1. The molecular formula is C46H30N2S. The predicted octanol–water partition coefficient (Wildman–Crippen LogP) is 13.4. The Morgan fingerprint density at radius 1 is 0.367 bits per heavy atom. The van der Waals surface area contributed by atoms with Gasteiger partial charge in [0.15, 0.2) is 0 Å². The van der Waals surface area contributed by atoms with Crippen molar-refractivity contribution < 1.29 is 0 Å². The fourth-order valence-electron chi connectivity index (χ4n) is 7.44. The average molecular weight is 643 g/mol.